The first-order chi connectivity index (χ1) is 16.3. The molecule has 0 fully saturated rings. The first-order valence-corrected chi connectivity index (χ1v) is 12.9. The first-order valence-electron chi connectivity index (χ1n) is 11.3. The van der Waals surface area contributed by atoms with Gasteiger partial charge in [0.05, 0.1) is 17.2 Å². The molecule has 4 rings (SSSR count). The molecule has 0 saturated carbocycles. The van der Waals surface area contributed by atoms with Crippen LogP contribution in [0.25, 0.3) is 0 Å². The summed E-state index contributed by atoms with van der Waals surface area (Å²) in [6.07, 6.45) is 4.83. The molecule has 1 aliphatic rings. The molecule has 0 amide bonds. The zero-order valence-electron chi connectivity index (χ0n) is 19.6. The van der Waals surface area contributed by atoms with Crippen LogP contribution in [0.1, 0.15) is 59.9 Å². The van der Waals surface area contributed by atoms with Crippen LogP contribution in [0.15, 0.2) is 51.9 Å². The Morgan fingerprint density at radius 1 is 1.18 bits per heavy atom. The fourth-order valence-corrected chi connectivity index (χ4v) is 5.91. The molecule has 0 unspecified atom stereocenters. The summed E-state index contributed by atoms with van der Waals surface area (Å²) in [5, 5.41) is 20.0. The molecule has 1 heterocycles. The van der Waals surface area contributed by atoms with Crippen molar-refractivity contribution in [2.24, 2.45) is 16.3 Å². The van der Waals surface area contributed by atoms with E-state index in [9.17, 15) is 10.5 Å². The second-order valence-corrected chi connectivity index (χ2v) is 11.6. The van der Waals surface area contributed by atoms with Crippen LogP contribution < -0.4 is 4.74 Å². The Morgan fingerprint density at radius 2 is 1.97 bits per heavy atom. The summed E-state index contributed by atoms with van der Waals surface area (Å²) >= 11 is 5.17. The van der Waals surface area contributed by atoms with Crippen LogP contribution in [0.3, 0.4) is 0 Å². The third-order valence-electron chi connectivity index (χ3n) is 6.40. The lowest BCUT2D eigenvalue weighted by atomic mass is 9.72. The zero-order chi connectivity index (χ0) is 24.3. The number of nitriles is 2. The molecule has 2 aromatic carbocycles. The third kappa shape index (κ3) is 5.25. The first kappa shape index (κ1) is 24.2. The van der Waals surface area contributed by atoms with E-state index in [2.05, 4.69) is 48.8 Å². The number of aliphatic imine (C=N–C) groups is 1. The lowest BCUT2D eigenvalue weighted by Gasteiger charge is -2.33. The lowest BCUT2D eigenvalue weighted by Crippen LogP contribution is -2.26. The maximum absolute atomic E-state index is 9.87. The number of rotatable bonds is 5. The minimum absolute atomic E-state index is 0.255. The Bertz CT molecular complexity index is 1320. The second-order valence-electron chi connectivity index (χ2n) is 9.60. The van der Waals surface area contributed by atoms with Crippen LogP contribution >= 0.6 is 27.3 Å². The van der Waals surface area contributed by atoms with Crippen molar-refractivity contribution in [3.05, 3.63) is 79.6 Å². The molecule has 1 aromatic heterocycles. The minimum Gasteiger partial charge on any atom is -0.488 e. The molecule has 0 spiro atoms. The fourth-order valence-electron chi connectivity index (χ4n) is 4.31. The van der Waals surface area contributed by atoms with E-state index in [1.54, 1.807) is 23.6 Å². The molecule has 0 bridgehead atoms. The van der Waals surface area contributed by atoms with Crippen LogP contribution in [0.2, 0.25) is 0 Å². The van der Waals surface area contributed by atoms with E-state index < -0.39 is 0 Å². The van der Waals surface area contributed by atoms with Gasteiger partial charge in [-0.25, -0.2) is 4.99 Å². The van der Waals surface area contributed by atoms with Gasteiger partial charge in [0, 0.05) is 26.7 Å². The van der Waals surface area contributed by atoms with E-state index in [0.29, 0.717) is 22.8 Å². The third-order valence-corrected chi connectivity index (χ3v) is 8.05. The highest BCUT2D eigenvalue weighted by atomic mass is 79.9. The van der Waals surface area contributed by atoms with Gasteiger partial charge in [-0.1, -0.05) is 54.9 Å². The van der Waals surface area contributed by atoms with E-state index in [1.807, 2.05) is 36.4 Å². The summed E-state index contributed by atoms with van der Waals surface area (Å²) in [5.74, 6) is 1.29. The van der Waals surface area contributed by atoms with Crippen molar-refractivity contribution in [3.63, 3.8) is 0 Å². The van der Waals surface area contributed by atoms with Crippen LogP contribution in [0, 0.1) is 34.0 Å². The highest BCUT2D eigenvalue weighted by Crippen LogP contribution is 2.45. The second kappa shape index (κ2) is 10.1. The van der Waals surface area contributed by atoms with Gasteiger partial charge in [0.15, 0.2) is 0 Å². The smallest absolute Gasteiger partial charge is 0.134 e. The molecule has 172 valence electrons. The van der Waals surface area contributed by atoms with Gasteiger partial charge in [-0.15, -0.1) is 11.3 Å². The fraction of sp³-hybridized carbons (Fsp3) is 0.321. The van der Waals surface area contributed by atoms with Gasteiger partial charge in [-0.05, 0) is 60.4 Å². The monoisotopic (exact) mass is 531 g/mol. The maximum atomic E-state index is 9.87. The SMILES string of the molecule is CC(C)(C)[C@H]1CCc2c(sc(N=Cc3cc(Br)ccc3OCc3ccccc3C#N)c2C#N)C1. The highest BCUT2D eigenvalue weighted by Gasteiger charge is 2.32. The van der Waals surface area contributed by atoms with Gasteiger partial charge in [0.2, 0.25) is 0 Å². The van der Waals surface area contributed by atoms with Crippen molar-refractivity contribution in [2.75, 3.05) is 0 Å². The Labute approximate surface area is 213 Å². The van der Waals surface area contributed by atoms with Gasteiger partial charge in [-0.2, -0.15) is 10.5 Å². The molecule has 3 aromatic rings. The van der Waals surface area contributed by atoms with Gasteiger partial charge in [0.25, 0.3) is 0 Å². The van der Waals surface area contributed by atoms with Crippen LogP contribution in [0.4, 0.5) is 5.00 Å². The predicted molar refractivity (Wildman–Crippen MR) is 141 cm³/mol. The number of nitrogens with zero attached hydrogens (tertiary/aromatic N) is 3. The molecular formula is C28H26BrN3OS. The Hall–Kier alpha value is -2.93. The van der Waals surface area contributed by atoms with Gasteiger partial charge in [-0.3, -0.25) is 0 Å². The molecule has 0 aliphatic heterocycles. The largest absolute Gasteiger partial charge is 0.488 e. The van der Waals surface area contributed by atoms with E-state index in [1.165, 1.54) is 10.4 Å². The average Bonchev–Trinajstić information content (AvgIpc) is 3.18. The number of thiophene rings is 1. The Kier molecular flexibility index (Phi) is 7.22. The number of hydrogen-bond acceptors (Lipinski definition) is 5. The van der Waals surface area contributed by atoms with Gasteiger partial charge >= 0.3 is 0 Å². The quantitative estimate of drug-likeness (QED) is 0.316. The standard InChI is InChI=1S/C28H26BrN3OS/c1-28(2,3)21-8-10-23-24(15-31)27(34-26(23)13-21)32-16-20-12-22(29)9-11-25(20)33-17-19-7-5-4-6-18(19)14-30/h4-7,9,11-12,16,21H,8,10,13,17H2,1-3H3/t21-/m0/s1. The van der Waals surface area contributed by atoms with Crippen molar-refractivity contribution < 1.29 is 4.74 Å². The number of hydrogen-bond donors (Lipinski definition) is 0. The number of fused-ring (bicyclic) bond motifs is 1. The summed E-state index contributed by atoms with van der Waals surface area (Å²) in [5.41, 5.74) is 4.40. The van der Waals surface area contributed by atoms with E-state index in [0.717, 1.165) is 39.9 Å². The maximum Gasteiger partial charge on any atom is 0.134 e. The summed E-state index contributed by atoms with van der Waals surface area (Å²) in [6, 6.07) is 17.8. The molecule has 4 nitrogen and oxygen atoms in total. The Morgan fingerprint density at radius 3 is 2.71 bits per heavy atom. The highest BCUT2D eigenvalue weighted by molar-refractivity contribution is 9.10. The van der Waals surface area contributed by atoms with Crippen molar-refractivity contribution >= 4 is 38.5 Å². The normalized spacial score (nSPS) is 15.5. The molecule has 6 heteroatoms. The van der Waals surface area contributed by atoms with Crippen molar-refractivity contribution in [1.29, 1.82) is 10.5 Å². The minimum atomic E-state index is 0.255. The van der Waals surface area contributed by atoms with E-state index in [-0.39, 0.29) is 12.0 Å². The summed E-state index contributed by atoms with van der Waals surface area (Å²) in [6.45, 7) is 7.18. The van der Waals surface area contributed by atoms with E-state index >= 15 is 0 Å². The molecule has 0 radical (unpaired) electrons. The van der Waals surface area contributed by atoms with Crippen molar-refractivity contribution in [1.82, 2.24) is 0 Å². The van der Waals surface area contributed by atoms with Gasteiger partial charge in [0.1, 0.15) is 23.4 Å². The number of halogens is 1. The molecule has 0 N–H and O–H groups in total. The molecule has 0 saturated heterocycles. The van der Waals surface area contributed by atoms with Crippen molar-refractivity contribution in [3.8, 4) is 17.9 Å². The molecular weight excluding hydrogens is 506 g/mol. The summed E-state index contributed by atoms with van der Waals surface area (Å²) < 4.78 is 6.99. The molecule has 1 aliphatic carbocycles. The lowest BCUT2D eigenvalue weighted by molar-refractivity contribution is 0.218. The summed E-state index contributed by atoms with van der Waals surface area (Å²) in [7, 11) is 0. The molecule has 1 atom stereocenters. The van der Waals surface area contributed by atoms with Gasteiger partial charge < -0.3 is 4.74 Å². The summed E-state index contributed by atoms with van der Waals surface area (Å²) in [4.78, 5) is 6.05. The van der Waals surface area contributed by atoms with Crippen molar-refractivity contribution in [2.45, 2.75) is 46.6 Å². The van der Waals surface area contributed by atoms with Crippen LogP contribution in [0.5, 0.6) is 5.75 Å². The van der Waals surface area contributed by atoms with Crippen LogP contribution in [-0.4, -0.2) is 6.21 Å². The zero-order valence-corrected chi connectivity index (χ0v) is 22.0. The molecule has 34 heavy (non-hydrogen) atoms. The van der Waals surface area contributed by atoms with E-state index in [4.69, 9.17) is 9.73 Å². The topological polar surface area (TPSA) is 69.2 Å². The Balaban J connectivity index is 1.60. The van der Waals surface area contributed by atoms with Crippen LogP contribution in [-0.2, 0) is 19.4 Å². The number of benzene rings is 2. The predicted octanol–water partition coefficient (Wildman–Crippen LogP) is 7.73. The average molecular weight is 533 g/mol. The number of ether oxygens (including phenoxy) is 1.